The third-order valence-corrected chi connectivity index (χ3v) is 10.3. The van der Waals surface area contributed by atoms with Crippen molar-refractivity contribution in [3.05, 3.63) is 174 Å². The number of anilines is 1. The predicted molar refractivity (Wildman–Crippen MR) is 199 cm³/mol. The van der Waals surface area contributed by atoms with Crippen molar-refractivity contribution in [2.24, 2.45) is 0 Å². The molecule has 2 aromatic heterocycles. The van der Waals surface area contributed by atoms with E-state index in [0.29, 0.717) is 0 Å². The Kier molecular flexibility index (Phi) is 6.23. The Labute approximate surface area is 282 Å². The van der Waals surface area contributed by atoms with Gasteiger partial charge in [-0.2, -0.15) is 0 Å². The molecule has 234 valence electrons. The molecule has 7 aromatic rings. The van der Waals surface area contributed by atoms with Gasteiger partial charge in [-0.25, -0.2) is 4.98 Å². The van der Waals surface area contributed by atoms with Crippen LogP contribution in [0.25, 0.3) is 38.8 Å². The monoisotopic (exact) mass is 622 g/mol. The molecule has 0 saturated heterocycles. The summed E-state index contributed by atoms with van der Waals surface area (Å²) in [5.74, 6) is 0.941. The highest BCUT2D eigenvalue weighted by Gasteiger charge is 2.48. The van der Waals surface area contributed by atoms with Crippen LogP contribution in [0.4, 0.5) is 5.69 Å². The second-order valence-corrected chi connectivity index (χ2v) is 14.3. The lowest BCUT2D eigenvalue weighted by atomic mass is 9.69. The quantitative estimate of drug-likeness (QED) is 0.195. The van der Waals surface area contributed by atoms with Crippen LogP contribution in [0.15, 0.2) is 146 Å². The van der Waals surface area contributed by atoms with Crippen LogP contribution in [0, 0.1) is 0 Å². The molecule has 0 spiro atoms. The number of benzene rings is 5. The Hall–Kier alpha value is -5.61. The fourth-order valence-corrected chi connectivity index (χ4v) is 8.01. The van der Waals surface area contributed by atoms with Crippen molar-refractivity contribution in [1.29, 1.82) is 0 Å². The molecule has 0 amide bonds. The molecule has 0 fully saturated rings. The summed E-state index contributed by atoms with van der Waals surface area (Å²) in [4.78, 5) is 10.3. The van der Waals surface area contributed by atoms with E-state index in [2.05, 4.69) is 188 Å². The molecule has 1 aliphatic heterocycles. The summed E-state index contributed by atoms with van der Waals surface area (Å²) < 4.78 is 2.37. The van der Waals surface area contributed by atoms with Gasteiger partial charge in [0.2, 0.25) is 0 Å². The van der Waals surface area contributed by atoms with E-state index in [1.165, 1.54) is 49.8 Å². The van der Waals surface area contributed by atoms with E-state index in [4.69, 9.17) is 4.98 Å². The minimum Gasteiger partial charge on any atom is -0.361 e. The highest BCUT2D eigenvalue weighted by atomic mass is 15.3. The Bertz CT molecular complexity index is 2310. The van der Waals surface area contributed by atoms with E-state index < -0.39 is 5.41 Å². The standard InChI is InChI=1S/C44H38N4/c1-43(2,3)31-27-41(45-42(28-31)48-39-22-11-7-18-35(39)36-19-8-12-23-40(36)48)44(30-14-13-15-32(26-30)47-25-24-46(4)29-47)37-20-9-5-16-33(37)34-17-6-10-21-38(34)44/h5-28H,29H2,1-4H3. The van der Waals surface area contributed by atoms with Gasteiger partial charge in [0.1, 0.15) is 5.82 Å². The van der Waals surface area contributed by atoms with E-state index in [-0.39, 0.29) is 5.41 Å². The van der Waals surface area contributed by atoms with Gasteiger partial charge in [0, 0.05) is 35.9 Å². The normalized spacial score (nSPS) is 15.0. The van der Waals surface area contributed by atoms with Crippen LogP contribution in [0.1, 0.15) is 48.7 Å². The smallest absolute Gasteiger partial charge is 0.138 e. The summed E-state index contributed by atoms with van der Waals surface area (Å²) in [5.41, 5.74) is 11.3. The van der Waals surface area contributed by atoms with Crippen LogP contribution in [0.5, 0.6) is 0 Å². The second-order valence-electron chi connectivity index (χ2n) is 14.3. The van der Waals surface area contributed by atoms with Crippen molar-refractivity contribution in [2.75, 3.05) is 18.6 Å². The summed E-state index contributed by atoms with van der Waals surface area (Å²) >= 11 is 0. The molecule has 0 N–H and O–H groups in total. The predicted octanol–water partition coefficient (Wildman–Crippen LogP) is 10.0. The first kappa shape index (κ1) is 28.6. The van der Waals surface area contributed by atoms with Gasteiger partial charge in [-0.3, -0.25) is 4.57 Å². The van der Waals surface area contributed by atoms with Crippen LogP contribution in [-0.4, -0.2) is 28.2 Å². The molecule has 5 aromatic carbocycles. The number of hydrogen-bond donors (Lipinski definition) is 0. The molecule has 4 nitrogen and oxygen atoms in total. The molecule has 0 bridgehead atoms. The molecule has 3 heterocycles. The van der Waals surface area contributed by atoms with Crippen LogP contribution in [0.3, 0.4) is 0 Å². The van der Waals surface area contributed by atoms with Crippen LogP contribution < -0.4 is 4.90 Å². The molecule has 48 heavy (non-hydrogen) atoms. The second kappa shape index (κ2) is 10.4. The third kappa shape index (κ3) is 4.12. The molecular formula is C44H38N4. The van der Waals surface area contributed by atoms with Crippen molar-refractivity contribution < 1.29 is 0 Å². The summed E-state index contributed by atoms with van der Waals surface area (Å²) in [7, 11) is 2.11. The average molecular weight is 623 g/mol. The van der Waals surface area contributed by atoms with E-state index in [1.54, 1.807) is 0 Å². The number of para-hydroxylation sites is 2. The van der Waals surface area contributed by atoms with E-state index in [1.807, 2.05) is 0 Å². The Balaban J connectivity index is 1.41. The SMILES string of the molecule is CN1C=CN(c2cccc(C3(c4cc(C(C)(C)C)cc(-n5c6ccccc6c6ccccc65)n4)c4ccccc4-c4ccccc43)c2)C1. The van der Waals surface area contributed by atoms with Gasteiger partial charge < -0.3 is 9.80 Å². The minimum atomic E-state index is -0.632. The van der Waals surface area contributed by atoms with Gasteiger partial charge in [-0.1, -0.05) is 118 Å². The molecule has 0 unspecified atom stereocenters. The number of hydrogen-bond acceptors (Lipinski definition) is 3. The highest BCUT2D eigenvalue weighted by Crippen LogP contribution is 2.56. The average Bonchev–Trinajstić information content (AvgIpc) is 3.79. The Morgan fingerprint density at radius 3 is 1.83 bits per heavy atom. The van der Waals surface area contributed by atoms with Crippen molar-refractivity contribution in [3.63, 3.8) is 0 Å². The topological polar surface area (TPSA) is 24.3 Å². The van der Waals surface area contributed by atoms with Gasteiger partial charge in [0.25, 0.3) is 0 Å². The summed E-state index contributed by atoms with van der Waals surface area (Å²) in [6, 6.07) is 49.1. The van der Waals surface area contributed by atoms with Gasteiger partial charge in [-0.05, 0) is 75.2 Å². The number of nitrogens with zero attached hydrogens (tertiary/aromatic N) is 4. The molecule has 2 aliphatic rings. The van der Waals surface area contributed by atoms with Crippen molar-refractivity contribution in [3.8, 4) is 16.9 Å². The maximum atomic E-state index is 5.78. The zero-order chi connectivity index (χ0) is 32.6. The van der Waals surface area contributed by atoms with Crippen molar-refractivity contribution in [1.82, 2.24) is 14.5 Å². The van der Waals surface area contributed by atoms with Gasteiger partial charge in [0.15, 0.2) is 0 Å². The number of aromatic nitrogens is 2. The maximum Gasteiger partial charge on any atom is 0.138 e. The van der Waals surface area contributed by atoms with Crippen LogP contribution in [0.2, 0.25) is 0 Å². The Morgan fingerprint density at radius 1 is 0.625 bits per heavy atom. The zero-order valence-corrected chi connectivity index (χ0v) is 27.9. The lowest BCUT2D eigenvalue weighted by Gasteiger charge is -2.35. The van der Waals surface area contributed by atoms with Crippen molar-refractivity contribution >= 4 is 27.5 Å². The maximum absolute atomic E-state index is 5.78. The van der Waals surface area contributed by atoms with E-state index in [9.17, 15) is 0 Å². The lowest BCUT2D eigenvalue weighted by molar-refractivity contribution is 0.495. The largest absolute Gasteiger partial charge is 0.361 e. The fraction of sp³-hybridized carbons (Fsp3) is 0.159. The first-order chi connectivity index (χ1) is 23.3. The summed E-state index contributed by atoms with van der Waals surface area (Å²) in [5, 5.41) is 2.47. The molecule has 0 saturated carbocycles. The number of rotatable bonds is 4. The summed E-state index contributed by atoms with van der Waals surface area (Å²) in [6.45, 7) is 7.74. The first-order valence-electron chi connectivity index (χ1n) is 16.8. The number of fused-ring (bicyclic) bond motifs is 6. The van der Waals surface area contributed by atoms with E-state index >= 15 is 0 Å². The summed E-state index contributed by atoms with van der Waals surface area (Å²) in [6.07, 6.45) is 4.30. The molecule has 1 aliphatic carbocycles. The van der Waals surface area contributed by atoms with Gasteiger partial charge >= 0.3 is 0 Å². The van der Waals surface area contributed by atoms with Crippen LogP contribution in [-0.2, 0) is 10.8 Å². The first-order valence-corrected chi connectivity index (χ1v) is 16.8. The fourth-order valence-electron chi connectivity index (χ4n) is 8.01. The molecule has 0 atom stereocenters. The molecular weight excluding hydrogens is 585 g/mol. The molecule has 4 heteroatoms. The third-order valence-electron chi connectivity index (χ3n) is 10.3. The van der Waals surface area contributed by atoms with Gasteiger partial charge in [-0.15, -0.1) is 0 Å². The molecule has 0 radical (unpaired) electrons. The van der Waals surface area contributed by atoms with E-state index in [0.717, 1.165) is 29.2 Å². The highest BCUT2D eigenvalue weighted by molar-refractivity contribution is 6.09. The zero-order valence-electron chi connectivity index (χ0n) is 27.9. The number of pyridine rings is 1. The van der Waals surface area contributed by atoms with Crippen LogP contribution >= 0.6 is 0 Å². The molecule has 9 rings (SSSR count). The Morgan fingerprint density at radius 2 is 1.23 bits per heavy atom. The lowest BCUT2D eigenvalue weighted by Crippen LogP contribution is -2.31. The minimum absolute atomic E-state index is 0.114. The van der Waals surface area contributed by atoms with Crippen molar-refractivity contribution in [2.45, 2.75) is 31.6 Å². The van der Waals surface area contributed by atoms with Gasteiger partial charge in [0.05, 0.1) is 28.8 Å².